The maximum absolute atomic E-state index is 6.15. The number of rotatable bonds is 2. The second-order valence-corrected chi connectivity index (χ2v) is 4.51. The van der Waals surface area contributed by atoms with E-state index in [0.717, 1.165) is 0 Å². The van der Waals surface area contributed by atoms with Gasteiger partial charge in [-0.05, 0) is 23.3 Å². The fourth-order valence-corrected chi connectivity index (χ4v) is 2.51. The smallest absolute Gasteiger partial charge is 0.0767 e. The molecule has 1 fully saturated rings. The molecule has 2 heterocycles. The van der Waals surface area contributed by atoms with E-state index in [-0.39, 0.29) is 18.1 Å². The highest BCUT2D eigenvalue weighted by Crippen LogP contribution is 2.34. The SMILES string of the molecule is NC1NNC(c2ccncc2)C1c1ccccc1. The average Bonchev–Trinajstić information content (AvgIpc) is 2.83. The first-order chi connectivity index (χ1) is 8.86. The minimum Gasteiger partial charge on any atom is -0.314 e. The van der Waals surface area contributed by atoms with Crippen molar-refractivity contribution in [3.05, 3.63) is 66.0 Å². The van der Waals surface area contributed by atoms with E-state index in [1.54, 1.807) is 0 Å². The summed E-state index contributed by atoms with van der Waals surface area (Å²) in [6.45, 7) is 0. The van der Waals surface area contributed by atoms with Crippen molar-refractivity contribution in [2.75, 3.05) is 0 Å². The van der Waals surface area contributed by atoms with E-state index in [0.29, 0.717) is 0 Å². The molecule has 1 saturated heterocycles. The number of hydrazine groups is 1. The third-order valence-electron chi connectivity index (χ3n) is 3.40. The third-order valence-corrected chi connectivity index (χ3v) is 3.40. The Kier molecular flexibility index (Phi) is 3.06. The lowest BCUT2D eigenvalue weighted by molar-refractivity contribution is 0.546. The topological polar surface area (TPSA) is 63.0 Å². The molecule has 3 rings (SSSR count). The standard InChI is InChI=1S/C14H16N4/c15-14-12(10-4-2-1-3-5-10)13(17-18-14)11-6-8-16-9-7-11/h1-9,12-14,17-18H,15H2. The van der Waals surface area contributed by atoms with Gasteiger partial charge in [0.1, 0.15) is 0 Å². The first-order valence-electron chi connectivity index (χ1n) is 6.08. The molecule has 92 valence electrons. The Hall–Kier alpha value is -1.75. The fraction of sp³-hybridized carbons (Fsp3) is 0.214. The van der Waals surface area contributed by atoms with Crippen molar-refractivity contribution in [3.8, 4) is 0 Å². The number of pyridine rings is 1. The van der Waals surface area contributed by atoms with Gasteiger partial charge in [-0.25, -0.2) is 10.9 Å². The zero-order valence-corrected chi connectivity index (χ0v) is 9.95. The van der Waals surface area contributed by atoms with Crippen molar-refractivity contribution in [2.24, 2.45) is 5.73 Å². The van der Waals surface area contributed by atoms with Crippen LogP contribution in [-0.2, 0) is 0 Å². The Morgan fingerprint density at radius 3 is 2.33 bits per heavy atom. The molecule has 0 spiro atoms. The van der Waals surface area contributed by atoms with Gasteiger partial charge in [0.2, 0.25) is 0 Å². The summed E-state index contributed by atoms with van der Waals surface area (Å²) in [7, 11) is 0. The Morgan fingerprint density at radius 2 is 1.61 bits per heavy atom. The van der Waals surface area contributed by atoms with Crippen LogP contribution in [-0.4, -0.2) is 11.1 Å². The van der Waals surface area contributed by atoms with Crippen LogP contribution in [0.4, 0.5) is 0 Å². The number of hydrogen-bond donors (Lipinski definition) is 3. The van der Waals surface area contributed by atoms with E-state index < -0.39 is 0 Å². The van der Waals surface area contributed by atoms with Gasteiger partial charge in [0.05, 0.1) is 12.2 Å². The van der Waals surface area contributed by atoms with Gasteiger partial charge >= 0.3 is 0 Å². The van der Waals surface area contributed by atoms with E-state index in [9.17, 15) is 0 Å². The molecule has 2 aromatic rings. The van der Waals surface area contributed by atoms with Gasteiger partial charge in [-0.2, -0.15) is 0 Å². The summed E-state index contributed by atoms with van der Waals surface area (Å²) in [5.41, 5.74) is 15.0. The average molecular weight is 240 g/mol. The van der Waals surface area contributed by atoms with Crippen LogP contribution in [0.5, 0.6) is 0 Å². The van der Waals surface area contributed by atoms with Gasteiger partial charge in [0.25, 0.3) is 0 Å². The summed E-state index contributed by atoms with van der Waals surface area (Å²) in [5.74, 6) is 0.216. The van der Waals surface area contributed by atoms with Crippen LogP contribution in [0.1, 0.15) is 23.1 Å². The largest absolute Gasteiger partial charge is 0.314 e. The molecule has 3 unspecified atom stereocenters. The van der Waals surface area contributed by atoms with Crippen molar-refractivity contribution < 1.29 is 0 Å². The van der Waals surface area contributed by atoms with E-state index in [1.165, 1.54) is 11.1 Å². The molecule has 1 aromatic heterocycles. The van der Waals surface area contributed by atoms with E-state index >= 15 is 0 Å². The summed E-state index contributed by atoms with van der Waals surface area (Å²) in [4.78, 5) is 4.05. The second kappa shape index (κ2) is 4.86. The number of nitrogens with zero attached hydrogens (tertiary/aromatic N) is 1. The summed E-state index contributed by atoms with van der Waals surface area (Å²) < 4.78 is 0. The monoisotopic (exact) mass is 240 g/mol. The first kappa shape index (κ1) is 11.3. The number of hydrogen-bond acceptors (Lipinski definition) is 4. The van der Waals surface area contributed by atoms with Gasteiger partial charge in [-0.15, -0.1) is 0 Å². The van der Waals surface area contributed by atoms with Crippen molar-refractivity contribution in [1.82, 2.24) is 15.8 Å². The van der Waals surface area contributed by atoms with Crippen LogP contribution in [0.2, 0.25) is 0 Å². The van der Waals surface area contributed by atoms with Crippen LogP contribution in [0.3, 0.4) is 0 Å². The third kappa shape index (κ3) is 2.01. The summed E-state index contributed by atoms with van der Waals surface area (Å²) in [5, 5.41) is 0. The Labute approximate surface area is 106 Å². The van der Waals surface area contributed by atoms with E-state index in [4.69, 9.17) is 5.73 Å². The maximum atomic E-state index is 6.15. The molecule has 1 aliphatic heterocycles. The number of benzene rings is 1. The van der Waals surface area contributed by atoms with Gasteiger partial charge in [0.15, 0.2) is 0 Å². The lowest BCUT2D eigenvalue weighted by Crippen LogP contribution is -2.38. The summed E-state index contributed by atoms with van der Waals surface area (Å²) in [6.07, 6.45) is 3.52. The zero-order valence-electron chi connectivity index (χ0n) is 9.95. The van der Waals surface area contributed by atoms with Gasteiger partial charge < -0.3 is 5.73 Å². The van der Waals surface area contributed by atoms with Gasteiger partial charge in [0, 0.05) is 18.3 Å². The quantitative estimate of drug-likeness (QED) is 0.740. The van der Waals surface area contributed by atoms with Crippen molar-refractivity contribution in [1.29, 1.82) is 0 Å². The van der Waals surface area contributed by atoms with Gasteiger partial charge in [-0.1, -0.05) is 30.3 Å². The lowest BCUT2D eigenvalue weighted by Gasteiger charge is -2.21. The van der Waals surface area contributed by atoms with Crippen molar-refractivity contribution >= 4 is 0 Å². The molecule has 1 aromatic carbocycles. The minimum atomic E-state index is -0.0921. The molecule has 1 aliphatic rings. The predicted molar refractivity (Wildman–Crippen MR) is 70.4 cm³/mol. The normalized spacial score (nSPS) is 27.3. The molecule has 0 saturated carbocycles. The van der Waals surface area contributed by atoms with Crippen LogP contribution >= 0.6 is 0 Å². The Balaban J connectivity index is 1.96. The van der Waals surface area contributed by atoms with E-state index in [1.807, 2.05) is 42.7 Å². The molecule has 0 amide bonds. The molecule has 4 heteroatoms. The van der Waals surface area contributed by atoms with E-state index in [2.05, 4.69) is 28.0 Å². The number of nitrogens with two attached hydrogens (primary N) is 1. The molecular weight excluding hydrogens is 224 g/mol. The van der Waals surface area contributed by atoms with Crippen LogP contribution < -0.4 is 16.6 Å². The molecule has 4 N–H and O–H groups in total. The lowest BCUT2D eigenvalue weighted by atomic mass is 9.87. The van der Waals surface area contributed by atoms with Crippen LogP contribution in [0.15, 0.2) is 54.9 Å². The number of aromatic nitrogens is 1. The van der Waals surface area contributed by atoms with Crippen molar-refractivity contribution in [3.63, 3.8) is 0 Å². The molecule has 0 bridgehead atoms. The molecular formula is C14H16N4. The highest BCUT2D eigenvalue weighted by molar-refractivity contribution is 5.29. The summed E-state index contributed by atoms with van der Waals surface area (Å²) >= 11 is 0. The molecule has 18 heavy (non-hydrogen) atoms. The molecule has 4 nitrogen and oxygen atoms in total. The first-order valence-corrected chi connectivity index (χ1v) is 6.08. The fourth-order valence-electron chi connectivity index (χ4n) is 2.51. The zero-order chi connectivity index (χ0) is 12.4. The highest BCUT2D eigenvalue weighted by atomic mass is 15.5. The highest BCUT2D eigenvalue weighted by Gasteiger charge is 2.35. The van der Waals surface area contributed by atoms with Crippen LogP contribution in [0, 0.1) is 0 Å². The Morgan fingerprint density at radius 1 is 0.889 bits per heavy atom. The van der Waals surface area contributed by atoms with Gasteiger partial charge in [-0.3, -0.25) is 4.98 Å². The van der Waals surface area contributed by atoms with Crippen LogP contribution in [0.25, 0.3) is 0 Å². The molecule has 0 aliphatic carbocycles. The predicted octanol–water partition coefficient (Wildman–Crippen LogP) is 1.30. The molecule has 3 atom stereocenters. The van der Waals surface area contributed by atoms with Crippen molar-refractivity contribution in [2.45, 2.75) is 18.1 Å². The summed E-state index contributed by atoms with van der Waals surface area (Å²) in [6, 6.07) is 14.6. The molecule has 0 radical (unpaired) electrons. The maximum Gasteiger partial charge on any atom is 0.0767 e. The minimum absolute atomic E-state index is 0.0921. The second-order valence-electron chi connectivity index (χ2n) is 4.51. The number of nitrogens with one attached hydrogen (secondary N) is 2. The Bertz CT molecular complexity index is 500.